The third-order valence-corrected chi connectivity index (χ3v) is 3.82. The van der Waals surface area contributed by atoms with Crippen LogP contribution in [0.25, 0.3) is 5.69 Å². The van der Waals surface area contributed by atoms with Crippen LogP contribution < -0.4 is 11.3 Å². The van der Waals surface area contributed by atoms with Crippen LogP contribution in [0.4, 0.5) is 0 Å². The van der Waals surface area contributed by atoms with Crippen molar-refractivity contribution < 1.29 is 0 Å². The van der Waals surface area contributed by atoms with Crippen molar-refractivity contribution in [3.63, 3.8) is 0 Å². The summed E-state index contributed by atoms with van der Waals surface area (Å²) in [6.07, 6.45) is 11.1. The Morgan fingerprint density at radius 2 is 2.05 bits per heavy atom. The Hall–Kier alpha value is -1.91. The van der Waals surface area contributed by atoms with Gasteiger partial charge in [-0.3, -0.25) is 5.84 Å². The topological polar surface area (TPSA) is 55.9 Å². The van der Waals surface area contributed by atoms with Gasteiger partial charge in [-0.1, -0.05) is 29.8 Å². The Morgan fingerprint density at radius 3 is 2.75 bits per heavy atom. The molecule has 1 aliphatic rings. The Kier molecular flexibility index (Phi) is 3.95. The van der Waals surface area contributed by atoms with Crippen LogP contribution in [0.2, 0.25) is 0 Å². The highest BCUT2D eigenvalue weighted by Crippen LogP contribution is 2.29. The van der Waals surface area contributed by atoms with Gasteiger partial charge in [0.1, 0.15) is 0 Å². The second-order valence-electron chi connectivity index (χ2n) is 5.18. The van der Waals surface area contributed by atoms with E-state index in [0.717, 1.165) is 24.1 Å². The molecular weight excluding hydrogens is 248 g/mol. The molecule has 1 aliphatic carbocycles. The molecule has 4 heteroatoms. The van der Waals surface area contributed by atoms with E-state index in [-0.39, 0.29) is 6.04 Å². The molecule has 0 saturated carbocycles. The molecule has 1 aromatic heterocycles. The fourth-order valence-electron chi connectivity index (χ4n) is 2.75. The van der Waals surface area contributed by atoms with Gasteiger partial charge in [-0.25, -0.2) is 10.1 Å². The minimum absolute atomic E-state index is 0.0766. The fraction of sp³-hybridized carbons (Fsp3) is 0.312. The maximum atomic E-state index is 5.76. The van der Waals surface area contributed by atoms with Gasteiger partial charge in [0.05, 0.1) is 17.9 Å². The third-order valence-electron chi connectivity index (χ3n) is 3.82. The van der Waals surface area contributed by atoms with E-state index in [1.807, 2.05) is 41.2 Å². The molecule has 104 valence electrons. The minimum atomic E-state index is 0.0766. The maximum Gasteiger partial charge on any atom is 0.0700 e. The number of allylic oxidation sites excluding steroid dienone is 1. The quantitative estimate of drug-likeness (QED) is 0.509. The third kappa shape index (κ3) is 2.66. The zero-order chi connectivity index (χ0) is 13.8. The number of hydrazine groups is 1. The van der Waals surface area contributed by atoms with Crippen molar-refractivity contribution in [2.45, 2.75) is 31.7 Å². The molecule has 1 unspecified atom stereocenters. The van der Waals surface area contributed by atoms with Crippen LogP contribution in [0.1, 0.15) is 37.3 Å². The van der Waals surface area contributed by atoms with Crippen LogP contribution >= 0.6 is 0 Å². The van der Waals surface area contributed by atoms with Gasteiger partial charge in [-0.2, -0.15) is 5.10 Å². The van der Waals surface area contributed by atoms with Crippen molar-refractivity contribution in [1.29, 1.82) is 0 Å². The molecule has 1 aromatic carbocycles. The van der Waals surface area contributed by atoms with E-state index in [1.54, 1.807) is 0 Å². The van der Waals surface area contributed by atoms with E-state index in [2.05, 4.69) is 22.8 Å². The second-order valence-corrected chi connectivity index (χ2v) is 5.18. The number of hydrogen-bond donors (Lipinski definition) is 2. The van der Waals surface area contributed by atoms with Crippen molar-refractivity contribution in [3.8, 4) is 5.69 Å². The van der Waals surface area contributed by atoms with Gasteiger partial charge in [0.2, 0.25) is 0 Å². The van der Waals surface area contributed by atoms with Crippen LogP contribution in [-0.4, -0.2) is 9.78 Å². The number of benzene rings is 1. The summed E-state index contributed by atoms with van der Waals surface area (Å²) in [7, 11) is 0. The van der Waals surface area contributed by atoms with Gasteiger partial charge in [0, 0.05) is 11.8 Å². The average Bonchev–Trinajstić information content (AvgIpc) is 3.00. The monoisotopic (exact) mass is 268 g/mol. The Bertz CT molecular complexity index is 586. The summed E-state index contributed by atoms with van der Waals surface area (Å²) in [5.74, 6) is 5.76. The molecule has 0 amide bonds. The van der Waals surface area contributed by atoms with Crippen LogP contribution in [-0.2, 0) is 0 Å². The molecule has 0 spiro atoms. The molecule has 0 bridgehead atoms. The standard InChI is InChI=1S/C16H20N4/c17-19-16(13-7-3-1-4-8-13)14-11-18-20(12-14)15-9-5-2-6-10-15/h2,5-7,9-12,16,19H,1,3-4,8,17H2. The summed E-state index contributed by atoms with van der Waals surface area (Å²) in [5, 5.41) is 4.44. The lowest BCUT2D eigenvalue weighted by Gasteiger charge is -2.21. The van der Waals surface area contributed by atoms with Gasteiger partial charge in [0.15, 0.2) is 0 Å². The van der Waals surface area contributed by atoms with E-state index in [4.69, 9.17) is 5.84 Å². The average molecular weight is 268 g/mol. The normalized spacial score (nSPS) is 16.8. The summed E-state index contributed by atoms with van der Waals surface area (Å²) in [6.45, 7) is 0. The molecular formula is C16H20N4. The van der Waals surface area contributed by atoms with Crippen LogP contribution in [0.5, 0.6) is 0 Å². The molecule has 2 aromatic rings. The molecule has 1 atom stereocenters. The van der Waals surface area contributed by atoms with E-state index < -0.39 is 0 Å². The molecule has 0 fully saturated rings. The van der Waals surface area contributed by atoms with Gasteiger partial charge < -0.3 is 0 Å². The smallest absolute Gasteiger partial charge is 0.0700 e. The SMILES string of the molecule is NNC(C1=CCCCC1)c1cnn(-c2ccccc2)c1. The lowest BCUT2D eigenvalue weighted by molar-refractivity contribution is 0.566. The van der Waals surface area contributed by atoms with Crippen molar-refractivity contribution in [1.82, 2.24) is 15.2 Å². The number of nitrogens with two attached hydrogens (primary N) is 1. The molecule has 0 radical (unpaired) electrons. The number of rotatable bonds is 4. The van der Waals surface area contributed by atoms with Crippen molar-refractivity contribution in [2.75, 3.05) is 0 Å². The summed E-state index contributed by atoms with van der Waals surface area (Å²) < 4.78 is 1.89. The first-order valence-corrected chi connectivity index (χ1v) is 7.13. The molecule has 3 rings (SSSR count). The van der Waals surface area contributed by atoms with Gasteiger partial charge in [-0.15, -0.1) is 0 Å². The minimum Gasteiger partial charge on any atom is -0.271 e. The van der Waals surface area contributed by atoms with Crippen LogP contribution in [0.3, 0.4) is 0 Å². The molecule has 1 heterocycles. The van der Waals surface area contributed by atoms with Crippen molar-refractivity contribution >= 4 is 0 Å². The predicted octanol–water partition coefficient (Wildman–Crippen LogP) is 2.88. The number of hydrogen-bond acceptors (Lipinski definition) is 3. The Balaban J connectivity index is 1.86. The van der Waals surface area contributed by atoms with Crippen LogP contribution in [0, 0.1) is 0 Å². The van der Waals surface area contributed by atoms with Gasteiger partial charge in [0.25, 0.3) is 0 Å². The van der Waals surface area contributed by atoms with E-state index in [1.165, 1.54) is 18.4 Å². The lowest BCUT2D eigenvalue weighted by atomic mass is 9.91. The summed E-state index contributed by atoms with van der Waals surface area (Å²) in [6, 6.07) is 10.2. The summed E-state index contributed by atoms with van der Waals surface area (Å²) in [4.78, 5) is 0. The Labute approximate surface area is 119 Å². The van der Waals surface area contributed by atoms with E-state index >= 15 is 0 Å². The maximum absolute atomic E-state index is 5.76. The van der Waals surface area contributed by atoms with E-state index in [0.29, 0.717) is 0 Å². The molecule has 20 heavy (non-hydrogen) atoms. The largest absolute Gasteiger partial charge is 0.271 e. The summed E-state index contributed by atoms with van der Waals surface area (Å²) in [5.41, 5.74) is 6.49. The fourth-order valence-corrected chi connectivity index (χ4v) is 2.75. The molecule has 4 nitrogen and oxygen atoms in total. The van der Waals surface area contributed by atoms with Gasteiger partial charge in [-0.05, 0) is 37.8 Å². The highest BCUT2D eigenvalue weighted by atomic mass is 15.3. The first-order valence-electron chi connectivity index (χ1n) is 7.13. The number of nitrogens with one attached hydrogen (secondary N) is 1. The number of nitrogens with zero attached hydrogens (tertiary/aromatic N) is 2. The van der Waals surface area contributed by atoms with E-state index in [9.17, 15) is 0 Å². The first-order chi connectivity index (χ1) is 9.88. The molecule has 0 aliphatic heterocycles. The highest BCUT2D eigenvalue weighted by molar-refractivity contribution is 5.33. The zero-order valence-electron chi connectivity index (χ0n) is 11.5. The number of aromatic nitrogens is 2. The van der Waals surface area contributed by atoms with Crippen LogP contribution in [0.15, 0.2) is 54.4 Å². The Morgan fingerprint density at radius 1 is 1.20 bits per heavy atom. The summed E-state index contributed by atoms with van der Waals surface area (Å²) >= 11 is 0. The zero-order valence-corrected chi connectivity index (χ0v) is 11.5. The highest BCUT2D eigenvalue weighted by Gasteiger charge is 2.18. The van der Waals surface area contributed by atoms with Crippen molar-refractivity contribution in [3.05, 3.63) is 59.9 Å². The lowest BCUT2D eigenvalue weighted by Crippen LogP contribution is -2.29. The molecule has 0 saturated heterocycles. The van der Waals surface area contributed by atoms with Gasteiger partial charge >= 0.3 is 0 Å². The number of para-hydroxylation sites is 1. The molecule has 3 N–H and O–H groups in total. The predicted molar refractivity (Wildman–Crippen MR) is 80.2 cm³/mol. The first kappa shape index (κ1) is 13.1. The van der Waals surface area contributed by atoms with Crippen molar-refractivity contribution in [2.24, 2.45) is 5.84 Å². The second kappa shape index (κ2) is 6.03.